The average molecular weight is 255 g/mol. The van der Waals surface area contributed by atoms with E-state index in [0.717, 1.165) is 12.5 Å². The highest BCUT2D eigenvalue weighted by Crippen LogP contribution is 2.38. The number of anilines is 1. The highest BCUT2D eigenvalue weighted by atomic mass is 35.5. The van der Waals surface area contributed by atoms with Crippen molar-refractivity contribution in [3.05, 3.63) is 22.8 Å². The Balaban J connectivity index is 2.22. The van der Waals surface area contributed by atoms with Crippen LogP contribution in [-0.2, 0) is 0 Å². The monoisotopic (exact) mass is 254 g/mol. The first-order valence-corrected chi connectivity index (χ1v) is 5.98. The first-order valence-electron chi connectivity index (χ1n) is 5.60. The van der Waals surface area contributed by atoms with Crippen molar-refractivity contribution in [3.63, 3.8) is 0 Å². The first kappa shape index (κ1) is 12.2. The van der Waals surface area contributed by atoms with E-state index in [0.29, 0.717) is 16.9 Å². The molecule has 1 aromatic heterocycles. The van der Waals surface area contributed by atoms with Crippen molar-refractivity contribution >= 4 is 23.4 Å². The molecule has 1 N–H and O–H groups in total. The lowest BCUT2D eigenvalue weighted by atomic mass is 10.2. The second-order valence-electron chi connectivity index (χ2n) is 4.66. The molecule has 4 nitrogen and oxygen atoms in total. The molecule has 0 bridgehead atoms. The number of hydrogen-bond acceptors (Lipinski definition) is 3. The molecule has 92 valence electrons. The zero-order valence-corrected chi connectivity index (χ0v) is 10.6. The summed E-state index contributed by atoms with van der Waals surface area (Å²) in [6.45, 7) is 3.02. The largest absolute Gasteiger partial charge is 0.478 e. The second kappa shape index (κ2) is 4.53. The van der Waals surface area contributed by atoms with E-state index in [4.69, 9.17) is 16.7 Å². The number of nitrogens with zero attached hydrogens (tertiary/aromatic N) is 2. The predicted molar refractivity (Wildman–Crippen MR) is 66.7 cm³/mol. The van der Waals surface area contributed by atoms with E-state index in [2.05, 4.69) is 11.9 Å². The molecule has 0 saturated heterocycles. The van der Waals surface area contributed by atoms with Gasteiger partial charge in [0.05, 0.1) is 0 Å². The van der Waals surface area contributed by atoms with E-state index in [1.165, 1.54) is 18.6 Å². The van der Waals surface area contributed by atoms with Gasteiger partial charge in [-0.2, -0.15) is 0 Å². The van der Waals surface area contributed by atoms with E-state index in [9.17, 15) is 4.79 Å². The number of rotatable bonds is 4. The van der Waals surface area contributed by atoms with Crippen LogP contribution < -0.4 is 4.90 Å². The fourth-order valence-electron chi connectivity index (χ4n) is 1.97. The summed E-state index contributed by atoms with van der Waals surface area (Å²) >= 11 is 5.82. The van der Waals surface area contributed by atoms with Gasteiger partial charge in [-0.3, -0.25) is 0 Å². The fourth-order valence-corrected chi connectivity index (χ4v) is 2.12. The summed E-state index contributed by atoms with van der Waals surface area (Å²) < 4.78 is 0. The Labute approximate surface area is 105 Å². The molecule has 0 spiro atoms. The number of aromatic nitrogens is 1. The summed E-state index contributed by atoms with van der Waals surface area (Å²) in [6, 6.07) is 3.00. The maximum absolute atomic E-state index is 11.1. The van der Waals surface area contributed by atoms with Crippen LogP contribution >= 0.6 is 11.6 Å². The average Bonchev–Trinajstić information content (AvgIpc) is 2.93. The fraction of sp³-hybridized carbons (Fsp3) is 0.500. The molecule has 1 heterocycles. The number of carboxylic acids is 1. The molecular formula is C12H15ClN2O2. The molecule has 0 radical (unpaired) electrons. The molecule has 0 amide bonds. The molecule has 1 saturated carbocycles. The van der Waals surface area contributed by atoms with Crippen LogP contribution in [0.3, 0.4) is 0 Å². The molecule has 0 aliphatic heterocycles. The minimum absolute atomic E-state index is 0.199. The first-order chi connectivity index (χ1) is 7.99. The molecule has 17 heavy (non-hydrogen) atoms. The zero-order chi connectivity index (χ0) is 12.6. The normalized spacial score (nSPS) is 22.3. The van der Waals surface area contributed by atoms with Crippen molar-refractivity contribution < 1.29 is 9.90 Å². The lowest BCUT2D eigenvalue weighted by molar-refractivity contribution is 0.0697. The van der Waals surface area contributed by atoms with Crippen LogP contribution in [0, 0.1) is 11.8 Å². The standard InChI is InChI=1S/C12H15ClN2O2/c1-7-5-8(7)6-15(2)11-9(12(16)17)3-4-10(13)14-11/h3-4,7-8H,5-6H2,1-2H3,(H,16,17). The third kappa shape index (κ3) is 2.69. The number of carboxylic acid groups (broad SMARTS) is 1. The molecule has 2 rings (SSSR count). The maximum Gasteiger partial charge on any atom is 0.339 e. The highest BCUT2D eigenvalue weighted by Gasteiger charge is 2.34. The summed E-state index contributed by atoms with van der Waals surface area (Å²) in [5.74, 6) is 0.844. The smallest absolute Gasteiger partial charge is 0.339 e. The van der Waals surface area contributed by atoms with Gasteiger partial charge < -0.3 is 10.0 Å². The van der Waals surface area contributed by atoms with Crippen LogP contribution in [0.15, 0.2) is 12.1 Å². The van der Waals surface area contributed by atoms with Gasteiger partial charge in [-0.1, -0.05) is 18.5 Å². The summed E-state index contributed by atoms with van der Waals surface area (Å²) in [6.07, 6.45) is 1.20. The molecule has 2 atom stereocenters. The van der Waals surface area contributed by atoms with Crippen LogP contribution in [-0.4, -0.2) is 29.7 Å². The Morgan fingerprint density at radius 1 is 1.65 bits per heavy atom. The number of hydrogen-bond donors (Lipinski definition) is 1. The molecular weight excluding hydrogens is 240 g/mol. The number of halogens is 1. The number of aromatic carboxylic acids is 1. The van der Waals surface area contributed by atoms with E-state index in [1.54, 1.807) is 0 Å². The highest BCUT2D eigenvalue weighted by molar-refractivity contribution is 6.29. The second-order valence-corrected chi connectivity index (χ2v) is 5.05. The molecule has 0 aromatic carbocycles. The SMILES string of the molecule is CC1CC1CN(C)c1nc(Cl)ccc1C(=O)O. The minimum atomic E-state index is -0.972. The maximum atomic E-state index is 11.1. The lowest BCUT2D eigenvalue weighted by Gasteiger charge is -2.20. The molecule has 5 heteroatoms. The zero-order valence-electron chi connectivity index (χ0n) is 9.85. The third-order valence-corrected chi connectivity index (χ3v) is 3.43. The van der Waals surface area contributed by atoms with Crippen LogP contribution in [0.5, 0.6) is 0 Å². The predicted octanol–water partition coefficient (Wildman–Crippen LogP) is 2.53. The number of carbonyl (C=O) groups is 1. The van der Waals surface area contributed by atoms with Crippen LogP contribution in [0.2, 0.25) is 5.15 Å². The Kier molecular flexibility index (Phi) is 3.24. The van der Waals surface area contributed by atoms with Gasteiger partial charge in [0.2, 0.25) is 0 Å². The molecule has 1 fully saturated rings. The number of pyridine rings is 1. The topological polar surface area (TPSA) is 53.4 Å². The quantitative estimate of drug-likeness (QED) is 0.839. The van der Waals surface area contributed by atoms with Gasteiger partial charge in [-0.15, -0.1) is 0 Å². The summed E-state index contributed by atoms with van der Waals surface area (Å²) in [5, 5.41) is 9.42. The van der Waals surface area contributed by atoms with Gasteiger partial charge in [0, 0.05) is 13.6 Å². The van der Waals surface area contributed by atoms with Crippen molar-refractivity contribution in [2.24, 2.45) is 11.8 Å². The molecule has 2 unspecified atom stereocenters. The molecule has 1 aromatic rings. The Bertz CT molecular complexity index is 450. The van der Waals surface area contributed by atoms with Gasteiger partial charge in [0.1, 0.15) is 16.5 Å². The van der Waals surface area contributed by atoms with Crippen molar-refractivity contribution in [1.29, 1.82) is 0 Å². The van der Waals surface area contributed by atoms with Gasteiger partial charge in [-0.25, -0.2) is 9.78 Å². The van der Waals surface area contributed by atoms with Gasteiger partial charge in [0.25, 0.3) is 0 Å². The molecule has 1 aliphatic carbocycles. The van der Waals surface area contributed by atoms with Crippen molar-refractivity contribution in [1.82, 2.24) is 4.98 Å². The van der Waals surface area contributed by atoms with Gasteiger partial charge in [0.15, 0.2) is 0 Å². The van der Waals surface area contributed by atoms with Gasteiger partial charge in [-0.05, 0) is 30.4 Å². The van der Waals surface area contributed by atoms with Gasteiger partial charge >= 0.3 is 5.97 Å². The summed E-state index contributed by atoms with van der Waals surface area (Å²) in [7, 11) is 1.86. The van der Waals surface area contributed by atoms with Crippen LogP contribution in [0.4, 0.5) is 5.82 Å². The minimum Gasteiger partial charge on any atom is -0.478 e. The van der Waals surface area contributed by atoms with E-state index < -0.39 is 5.97 Å². The summed E-state index contributed by atoms with van der Waals surface area (Å²) in [5.41, 5.74) is 0.199. The Hall–Kier alpha value is -1.29. The van der Waals surface area contributed by atoms with E-state index >= 15 is 0 Å². The summed E-state index contributed by atoms with van der Waals surface area (Å²) in [4.78, 5) is 17.1. The van der Waals surface area contributed by atoms with Crippen LogP contribution in [0.1, 0.15) is 23.7 Å². The van der Waals surface area contributed by atoms with E-state index in [-0.39, 0.29) is 5.56 Å². The Morgan fingerprint density at radius 3 is 2.82 bits per heavy atom. The Morgan fingerprint density at radius 2 is 2.29 bits per heavy atom. The van der Waals surface area contributed by atoms with Crippen molar-refractivity contribution in [2.45, 2.75) is 13.3 Å². The van der Waals surface area contributed by atoms with Crippen molar-refractivity contribution in [2.75, 3.05) is 18.5 Å². The molecule has 1 aliphatic rings. The van der Waals surface area contributed by atoms with Crippen molar-refractivity contribution in [3.8, 4) is 0 Å². The van der Waals surface area contributed by atoms with E-state index in [1.807, 2.05) is 11.9 Å². The third-order valence-electron chi connectivity index (χ3n) is 3.22. The lowest BCUT2D eigenvalue weighted by Crippen LogP contribution is -2.24. The van der Waals surface area contributed by atoms with Crippen LogP contribution in [0.25, 0.3) is 0 Å².